The van der Waals surface area contributed by atoms with Crippen LogP contribution in [0.15, 0.2) is 0 Å². The Morgan fingerprint density at radius 2 is 2.23 bits per heavy atom. The summed E-state index contributed by atoms with van der Waals surface area (Å²) in [5.41, 5.74) is 0. The van der Waals surface area contributed by atoms with Crippen molar-refractivity contribution in [3.05, 3.63) is 0 Å². The SMILES string of the molecule is CC(=O)O[C@@H]1OC[C@H]2O[C@H](C)O[C@@H]12. The molecule has 2 heterocycles. The van der Waals surface area contributed by atoms with E-state index in [2.05, 4.69) is 0 Å². The van der Waals surface area contributed by atoms with E-state index in [1.807, 2.05) is 6.92 Å². The normalized spacial score (nSPS) is 43.2. The van der Waals surface area contributed by atoms with E-state index in [1.165, 1.54) is 6.92 Å². The average Bonchev–Trinajstić information content (AvgIpc) is 2.51. The lowest BCUT2D eigenvalue weighted by atomic mass is 10.2. The summed E-state index contributed by atoms with van der Waals surface area (Å²) in [4.78, 5) is 10.7. The lowest BCUT2D eigenvalue weighted by molar-refractivity contribution is -0.194. The molecule has 2 aliphatic rings. The number of carbonyl (C=O) groups excluding carboxylic acids is 1. The second kappa shape index (κ2) is 3.25. The van der Waals surface area contributed by atoms with Crippen LogP contribution in [0.1, 0.15) is 13.8 Å². The maximum atomic E-state index is 10.7. The second-order valence-electron chi connectivity index (χ2n) is 3.15. The number of rotatable bonds is 1. The molecule has 5 nitrogen and oxygen atoms in total. The topological polar surface area (TPSA) is 54.0 Å². The second-order valence-corrected chi connectivity index (χ2v) is 3.15. The Bertz CT molecular complexity index is 217. The number of esters is 1. The van der Waals surface area contributed by atoms with Crippen LogP contribution in [0.4, 0.5) is 0 Å². The molecule has 0 amide bonds. The minimum absolute atomic E-state index is 0.0978. The van der Waals surface area contributed by atoms with Crippen molar-refractivity contribution in [2.75, 3.05) is 6.61 Å². The highest BCUT2D eigenvalue weighted by Crippen LogP contribution is 2.29. The molecule has 2 fully saturated rings. The van der Waals surface area contributed by atoms with E-state index in [0.717, 1.165) is 0 Å². The molecule has 0 unspecified atom stereocenters. The minimum atomic E-state index is -0.604. The summed E-state index contributed by atoms with van der Waals surface area (Å²) in [6, 6.07) is 0. The third-order valence-electron chi connectivity index (χ3n) is 2.06. The Morgan fingerprint density at radius 1 is 1.46 bits per heavy atom. The average molecular weight is 188 g/mol. The maximum absolute atomic E-state index is 10.7. The van der Waals surface area contributed by atoms with Gasteiger partial charge in [-0.1, -0.05) is 0 Å². The number of carbonyl (C=O) groups is 1. The molecule has 2 aliphatic heterocycles. The molecule has 0 bridgehead atoms. The van der Waals surface area contributed by atoms with Crippen molar-refractivity contribution < 1.29 is 23.7 Å². The summed E-state index contributed by atoms with van der Waals surface area (Å²) in [7, 11) is 0. The quantitative estimate of drug-likeness (QED) is 0.543. The van der Waals surface area contributed by atoms with Gasteiger partial charge in [-0.25, -0.2) is 0 Å². The van der Waals surface area contributed by atoms with E-state index >= 15 is 0 Å². The van der Waals surface area contributed by atoms with Gasteiger partial charge >= 0.3 is 5.97 Å². The first-order chi connectivity index (χ1) is 6.16. The molecular weight excluding hydrogens is 176 g/mol. The van der Waals surface area contributed by atoms with E-state index in [9.17, 15) is 4.79 Å². The molecule has 2 saturated heterocycles. The highest BCUT2D eigenvalue weighted by molar-refractivity contribution is 5.66. The van der Waals surface area contributed by atoms with Crippen LogP contribution in [0, 0.1) is 0 Å². The molecule has 74 valence electrons. The minimum Gasteiger partial charge on any atom is -0.433 e. The molecule has 0 N–H and O–H groups in total. The molecule has 5 heteroatoms. The summed E-state index contributed by atoms with van der Waals surface area (Å²) in [5, 5.41) is 0. The van der Waals surface area contributed by atoms with Crippen LogP contribution in [0.3, 0.4) is 0 Å². The van der Waals surface area contributed by atoms with Crippen LogP contribution in [-0.2, 0) is 23.7 Å². The van der Waals surface area contributed by atoms with Crippen LogP contribution < -0.4 is 0 Å². The third-order valence-corrected chi connectivity index (χ3v) is 2.06. The van der Waals surface area contributed by atoms with Gasteiger partial charge in [-0.05, 0) is 6.92 Å². The van der Waals surface area contributed by atoms with Gasteiger partial charge in [-0.15, -0.1) is 0 Å². The molecule has 0 aromatic carbocycles. The summed E-state index contributed by atoms with van der Waals surface area (Å²) >= 11 is 0. The molecule has 0 spiro atoms. The Balaban J connectivity index is 1.96. The fourth-order valence-corrected chi connectivity index (χ4v) is 1.59. The lowest BCUT2D eigenvalue weighted by Gasteiger charge is -2.15. The van der Waals surface area contributed by atoms with Crippen molar-refractivity contribution in [2.45, 2.75) is 38.6 Å². The van der Waals surface area contributed by atoms with Crippen molar-refractivity contribution in [3.63, 3.8) is 0 Å². The monoisotopic (exact) mass is 188 g/mol. The predicted molar refractivity (Wildman–Crippen MR) is 40.7 cm³/mol. The highest BCUT2D eigenvalue weighted by atomic mass is 16.8. The zero-order valence-electron chi connectivity index (χ0n) is 7.56. The molecular formula is C8H12O5. The fourth-order valence-electron chi connectivity index (χ4n) is 1.59. The van der Waals surface area contributed by atoms with Gasteiger partial charge in [0.15, 0.2) is 12.4 Å². The number of hydrogen-bond donors (Lipinski definition) is 0. The van der Waals surface area contributed by atoms with Gasteiger partial charge in [0.1, 0.15) is 6.10 Å². The molecule has 4 atom stereocenters. The van der Waals surface area contributed by atoms with E-state index in [1.54, 1.807) is 0 Å². The molecule has 0 aromatic heterocycles. The molecule has 0 aliphatic carbocycles. The van der Waals surface area contributed by atoms with E-state index in [4.69, 9.17) is 18.9 Å². The van der Waals surface area contributed by atoms with Gasteiger partial charge in [-0.2, -0.15) is 0 Å². The summed E-state index contributed by atoms with van der Waals surface area (Å²) in [5.74, 6) is -0.367. The van der Waals surface area contributed by atoms with E-state index < -0.39 is 6.29 Å². The largest absolute Gasteiger partial charge is 0.433 e. The van der Waals surface area contributed by atoms with Crippen LogP contribution in [-0.4, -0.2) is 37.4 Å². The zero-order chi connectivity index (χ0) is 9.42. The molecule has 2 rings (SSSR count). The molecule has 0 radical (unpaired) electrons. The number of fused-ring (bicyclic) bond motifs is 1. The molecule has 0 aromatic rings. The Labute approximate surface area is 75.9 Å². The molecule has 13 heavy (non-hydrogen) atoms. The van der Waals surface area contributed by atoms with Crippen LogP contribution in [0.2, 0.25) is 0 Å². The number of hydrogen-bond acceptors (Lipinski definition) is 5. The predicted octanol–water partition coefficient (Wildman–Crippen LogP) is 0.0358. The zero-order valence-corrected chi connectivity index (χ0v) is 7.56. The fraction of sp³-hybridized carbons (Fsp3) is 0.875. The Morgan fingerprint density at radius 3 is 2.92 bits per heavy atom. The number of ether oxygens (including phenoxy) is 4. The lowest BCUT2D eigenvalue weighted by Crippen LogP contribution is -2.31. The van der Waals surface area contributed by atoms with Crippen LogP contribution in [0.5, 0.6) is 0 Å². The molecule has 0 saturated carbocycles. The van der Waals surface area contributed by atoms with Crippen LogP contribution >= 0.6 is 0 Å². The summed E-state index contributed by atoms with van der Waals surface area (Å²) in [6.45, 7) is 3.58. The van der Waals surface area contributed by atoms with E-state index in [-0.39, 0.29) is 24.5 Å². The van der Waals surface area contributed by atoms with Crippen molar-refractivity contribution in [2.24, 2.45) is 0 Å². The van der Waals surface area contributed by atoms with Crippen molar-refractivity contribution >= 4 is 5.97 Å². The maximum Gasteiger partial charge on any atom is 0.305 e. The van der Waals surface area contributed by atoms with Gasteiger partial charge in [0.2, 0.25) is 6.29 Å². The standard InChI is InChI=1S/C8H12O5/c1-4(9)11-8-7-6(3-10-8)12-5(2)13-7/h5-8H,3H2,1-2H3/t5-,6+,7+,8-/m0/s1. The van der Waals surface area contributed by atoms with Crippen molar-refractivity contribution in [3.8, 4) is 0 Å². The third kappa shape index (κ3) is 1.67. The highest BCUT2D eigenvalue weighted by Gasteiger charge is 2.47. The van der Waals surface area contributed by atoms with E-state index in [0.29, 0.717) is 6.61 Å². The first kappa shape index (κ1) is 8.93. The Kier molecular flexibility index (Phi) is 2.23. The summed E-state index contributed by atoms with van der Waals surface area (Å²) in [6.07, 6.45) is -1.21. The van der Waals surface area contributed by atoms with Gasteiger partial charge in [0.25, 0.3) is 0 Å². The Hall–Kier alpha value is -0.650. The first-order valence-corrected chi connectivity index (χ1v) is 4.26. The van der Waals surface area contributed by atoms with Gasteiger partial charge < -0.3 is 18.9 Å². The van der Waals surface area contributed by atoms with Crippen LogP contribution in [0.25, 0.3) is 0 Å². The summed E-state index contributed by atoms with van der Waals surface area (Å²) < 4.78 is 20.8. The smallest absolute Gasteiger partial charge is 0.305 e. The van der Waals surface area contributed by atoms with Gasteiger partial charge in [0.05, 0.1) is 6.61 Å². The van der Waals surface area contributed by atoms with Gasteiger partial charge in [0, 0.05) is 6.92 Å². The first-order valence-electron chi connectivity index (χ1n) is 4.26. The van der Waals surface area contributed by atoms with Crippen molar-refractivity contribution in [1.82, 2.24) is 0 Å². The van der Waals surface area contributed by atoms with Gasteiger partial charge in [-0.3, -0.25) is 4.79 Å². The van der Waals surface area contributed by atoms with Crippen molar-refractivity contribution in [1.29, 1.82) is 0 Å².